The van der Waals surface area contributed by atoms with Gasteiger partial charge in [-0.1, -0.05) is 39.8 Å². The number of anilines is 1. The van der Waals surface area contributed by atoms with Crippen LogP contribution in [-0.2, 0) is 17.4 Å². The number of nitrogens with zero attached hydrogens (tertiary/aromatic N) is 4. The number of rotatable bonds is 11. The van der Waals surface area contributed by atoms with Gasteiger partial charge in [-0.05, 0) is 73.0 Å². The number of halogens is 3. The lowest BCUT2D eigenvalue weighted by Gasteiger charge is -2.38. The summed E-state index contributed by atoms with van der Waals surface area (Å²) in [5.74, 6) is 0.614. The lowest BCUT2D eigenvalue weighted by atomic mass is 10.0. The molecule has 0 radical (unpaired) electrons. The molecule has 1 aliphatic heterocycles. The number of carbonyl (C=O) groups is 2. The predicted octanol–water partition coefficient (Wildman–Crippen LogP) is 7.56. The molecule has 1 atom stereocenters. The molecular formula is C35H42F3N5O2S. The molecule has 0 spiro atoms. The zero-order chi connectivity index (χ0) is 33.0. The lowest BCUT2D eigenvalue weighted by molar-refractivity contribution is -0.137. The molecule has 2 aromatic carbocycles. The van der Waals surface area contributed by atoms with Gasteiger partial charge in [-0.25, -0.2) is 4.98 Å². The molecule has 2 amide bonds. The minimum Gasteiger partial charge on any atom is -0.368 e. The fourth-order valence-electron chi connectivity index (χ4n) is 6.26. The third-order valence-corrected chi connectivity index (χ3v) is 9.56. The van der Waals surface area contributed by atoms with Crippen molar-refractivity contribution in [3.8, 4) is 0 Å². The van der Waals surface area contributed by atoms with E-state index in [1.807, 2.05) is 36.9 Å². The van der Waals surface area contributed by atoms with Crippen molar-refractivity contribution in [2.45, 2.75) is 71.6 Å². The fourth-order valence-corrected chi connectivity index (χ4v) is 6.97. The largest absolute Gasteiger partial charge is 0.416 e. The topological polar surface area (TPSA) is 70.5 Å². The first-order valence-electron chi connectivity index (χ1n) is 16.0. The maximum absolute atomic E-state index is 13.7. The van der Waals surface area contributed by atoms with Crippen molar-refractivity contribution in [3.05, 3.63) is 81.8 Å². The first kappa shape index (κ1) is 33.5. The number of hydrogen-bond donors (Lipinski definition) is 1. The molecule has 7 nitrogen and oxygen atoms in total. The molecule has 11 heteroatoms. The van der Waals surface area contributed by atoms with Crippen LogP contribution in [0, 0.1) is 5.92 Å². The molecule has 0 saturated carbocycles. The third-order valence-electron chi connectivity index (χ3n) is 8.69. The minimum atomic E-state index is -4.42. The highest BCUT2D eigenvalue weighted by molar-refractivity contribution is 7.09. The molecule has 3 heterocycles. The van der Waals surface area contributed by atoms with Gasteiger partial charge in [0.15, 0.2) is 0 Å². The van der Waals surface area contributed by atoms with Crippen molar-refractivity contribution in [2.75, 3.05) is 31.1 Å². The van der Waals surface area contributed by atoms with Gasteiger partial charge in [-0.15, -0.1) is 11.3 Å². The van der Waals surface area contributed by atoms with Crippen LogP contribution in [0.4, 0.5) is 18.9 Å². The number of alkyl halides is 3. The predicted molar refractivity (Wildman–Crippen MR) is 177 cm³/mol. The van der Waals surface area contributed by atoms with Crippen LogP contribution < -0.4 is 10.2 Å². The van der Waals surface area contributed by atoms with Gasteiger partial charge in [0.05, 0.1) is 16.6 Å². The molecule has 1 fully saturated rings. The molecule has 1 N–H and O–H groups in total. The van der Waals surface area contributed by atoms with Gasteiger partial charge in [0, 0.05) is 54.8 Å². The standard InChI is InChI=1S/C35H42F3N5O2S/c1-5-26(6-2)43-31-13-12-24(20-29(31)39-32(43)22-28-11-8-18-46-28)33(44)40-30(19-23(3)4)34(45)42-16-14-41(15-17-42)27-10-7-9-25(21-27)35(36,37)38/h7-13,18,20-21,23,26,30H,5-6,14-17,19,22H2,1-4H3,(H,40,44)/t30-/m0/s1. The summed E-state index contributed by atoms with van der Waals surface area (Å²) in [6, 6.07) is 14.6. The second kappa shape index (κ2) is 14.3. The van der Waals surface area contributed by atoms with Gasteiger partial charge in [0.1, 0.15) is 11.9 Å². The van der Waals surface area contributed by atoms with Crippen molar-refractivity contribution in [1.82, 2.24) is 19.8 Å². The summed E-state index contributed by atoms with van der Waals surface area (Å²) >= 11 is 1.70. The van der Waals surface area contributed by atoms with Crippen molar-refractivity contribution < 1.29 is 22.8 Å². The Kier molecular flexibility index (Phi) is 10.4. The zero-order valence-electron chi connectivity index (χ0n) is 26.8. The summed E-state index contributed by atoms with van der Waals surface area (Å²) < 4.78 is 42.0. The zero-order valence-corrected chi connectivity index (χ0v) is 27.6. The van der Waals surface area contributed by atoms with E-state index in [-0.39, 0.29) is 17.7 Å². The Morgan fingerprint density at radius 3 is 2.35 bits per heavy atom. The third kappa shape index (κ3) is 7.57. The van der Waals surface area contributed by atoms with Crippen molar-refractivity contribution in [1.29, 1.82) is 0 Å². The van der Waals surface area contributed by atoms with Crippen molar-refractivity contribution in [3.63, 3.8) is 0 Å². The van der Waals surface area contributed by atoms with E-state index < -0.39 is 17.8 Å². The normalized spacial score (nSPS) is 14.8. The van der Waals surface area contributed by atoms with Gasteiger partial charge < -0.3 is 19.7 Å². The Morgan fingerprint density at radius 2 is 1.72 bits per heavy atom. The molecule has 0 aliphatic carbocycles. The van der Waals surface area contributed by atoms with Crippen LogP contribution in [0.3, 0.4) is 0 Å². The van der Waals surface area contributed by atoms with Crippen LogP contribution in [0.5, 0.6) is 0 Å². The summed E-state index contributed by atoms with van der Waals surface area (Å²) in [5, 5.41) is 5.06. The van der Waals surface area contributed by atoms with E-state index in [0.717, 1.165) is 48.3 Å². The van der Waals surface area contributed by atoms with E-state index >= 15 is 0 Å². The highest BCUT2D eigenvalue weighted by atomic mass is 32.1. The Morgan fingerprint density at radius 1 is 0.978 bits per heavy atom. The number of nitrogens with one attached hydrogen (secondary N) is 1. The minimum absolute atomic E-state index is 0.152. The van der Waals surface area contributed by atoms with Crippen molar-refractivity contribution >= 4 is 39.9 Å². The van der Waals surface area contributed by atoms with Crippen LogP contribution in [0.1, 0.15) is 79.6 Å². The molecule has 1 saturated heterocycles. The monoisotopic (exact) mass is 653 g/mol. The lowest BCUT2D eigenvalue weighted by Crippen LogP contribution is -2.55. The van der Waals surface area contributed by atoms with E-state index in [2.05, 4.69) is 35.2 Å². The number of fused-ring (bicyclic) bond motifs is 1. The molecule has 46 heavy (non-hydrogen) atoms. The molecule has 0 bridgehead atoms. The summed E-state index contributed by atoms with van der Waals surface area (Å²) in [6.45, 7) is 9.87. The smallest absolute Gasteiger partial charge is 0.368 e. The summed E-state index contributed by atoms with van der Waals surface area (Å²) in [4.78, 5) is 37.1. The van der Waals surface area contributed by atoms with E-state index in [0.29, 0.717) is 49.9 Å². The second-order valence-corrected chi connectivity index (χ2v) is 13.4. The first-order valence-corrected chi connectivity index (χ1v) is 16.9. The van der Waals surface area contributed by atoms with Crippen LogP contribution in [0.25, 0.3) is 11.0 Å². The first-order chi connectivity index (χ1) is 22.0. The number of carbonyl (C=O) groups excluding carboxylic acids is 2. The highest BCUT2D eigenvalue weighted by Crippen LogP contribution is 2.32. The Bertz CT molecular complexity index is 1640. The SMILES string of the molecule is CCC(CC)n1c(Cc2cccs2)nc2cc(C(=O)N[C@@H](CC(C)C)C(=O)N3CCN(c4cccc(C(F)(F)F)c4)CC3)ccc21. The Hall–Kier alpha value is -3.86. The van der Waals surface area contributed by atoms with E-state index in [1.165, 1.54) is 10.9 Å². The highest BCUT2D eigenvalue weighted by Gasteiger charge is 2.33. The average Bonchev–Trinajstić information content (AvgIpc) is 3.68. The van der Waals surface area contributed by atoms with E-state index in [1.54, 1.807) is 28.4 Å². The van der Waals surface area contributed by atoms with Crippen molar-refractivity contribution in [2.24, 2.45) is 5.92 Å². The van der Waals surface area contributed by atoms with Crippen LogP contribution >= 0.6 is 11.3 Å². The van der Waals surface area contributed by atoms with Gasteiger partial charge >= 0.3 is 6.18 Å². The molecule has 0 unspecified atom stereocenters. The quantitative estimate of drug-likeness (QED) is 0.181. The average molecular weight is 654 g/mol. The van der Waals surface area contributed by atoms with Gasteiger partial charge in [0.2, 0.25) is 5.91 Å². The van der Waals surface area contributed by atoms with Gasteiger partial charge in [0.25, 0.3) is 5.91 Å². The Labute approximate surface area is 272 Å². The summed E-state index contributed by atoms with van der Waals surface area (Å²) in [5.41, 5.74) is 1.98. The number of benzene rings is 2. The molecule has 246 valence electrons. The molecular weight excluding hydrogens is 611 g/mol. The second-order valence-electron chi connectivity index (χ2n) is 12.3. The van der Waals surface area contributed by atoms with Gasteiger partial charge in [-0.2, -0.15) is 13.2 Å². The fraction of sp³-hybridized carbons (Fsp3) is 0.457. The van der Waals surface area contributed by atoms with E-state index in [4.69, 9.17) is 4.98 Å². The van der Waals surface area contributed by atoms with Crippen LogP contribution in [0.2, 0.25) is 0 Å². The molecule has 1 aliphatic rings. The number of amides is 2. The maximum atomic E-state index is 13.7. The number of thiophene rings is 1. The Balaban J connectivity index is 1.31. The molecule has 2 aromatic heterocycles. The molecule has 4 aromatic rings. The van der Waals surface area contributed by atoms with Crippen LogP contribution in [-0.4, -0.2) is 58.5 Å². The number of imidazole rings is 1. The van der Waals surface area contributed by atoms with Crippen LogP contribution in [0.15, 0.2) is 60.0 Å². The number of piperazine rings is 1. The summed E-state index contributed by atoms with van der Waals surface area (Å²) in [7, 11) is 0. The molecule has 5 rings (SSSR count). The summed E-state index contributed by atoms with van der Waals surface area (Å²) in [6.07, 6.45) is -1.30. The number of aromatic nitrogens is 2. The maximum Gasteiger partial charge on any atom is 0.416 e. The van der Waals surface area contributed by atoms with E-state index in [9.17, 15) is 22.8 Å². The van der Waals surface area contributed by atoms with Gasteiger partial charge in [-0.3, -0.25) is 9.59 Å². The number of hydrogen-bond acceptors (Lipinski definition) is 5.